The van der Waals surface area contributed by atoms with E-state index in [1.807, 2.05) is 36.4 Å². The molecule has 2 amide bonds. The number of rotatable bonds is 7. The molecule has 180 valence electrons. The van der Waals surface area contributed by atoms with Crippen molar-refractivity contribution in [3.05, 3.63) is 65.5 Å². The fourth-order valence-corrected chi connectivity index (χ4v) is 5.06. The van der Waals surface area contributed by atoms with Crippen LogP contribution in [0.1, 0.15) is 46.9 Å². The Hall–Kier alpha value is -4.21. The molecule has 2 atom stereocenters. The first-order valence-electron chi connectivity index (χ1n) is 11.6. The van der Waals surface area contributed by atoms with Crippen LogP contribution in [-0.2, 0) is 9.53 Å². The predicted octanol–water partition coefficient (Wildman–Crippen LogP) is 3.40. The Morgan fingerprint density at radius 2 is 1.71 bits per heavy atom. The molecule has 3 aromatic rings. The molecule has 0 unspecified atom stereocenters. The number of aliphatic carboxylic acids is 1. The Labute approximate surface area is 201 Å². The second-order valence-electron chi connectivity index (χ2n) is 8.80. The summed E-state index contributed by atoms with van der Waals surface area (Å²) in [5, 5.41) is 20.7. The van der Waals surface area contributed by atoms with E-state index in [1.54, 1.807) is 0 Å². The van der Waals surface area contributed by atoms with Gasteiger partial charge in [0.2, 0.25) is 5.82 Å². The summed E-state index contributed by atoms with van der Waals surface area (Å²) < 4.78 is 5.46. The lowest BCUT2D eigenvalue weighted by molar-refractivity contribution is -0.142. The second-order valence-corrected chi connectivity index (χ2v) is 8.80. The lowest BCUT2D eigenvalue weighted by Gasteiger charge is -2.15. The average molecular weight is 476 g/mol. The van der Waals surface area contributed by atoms with Crippen molar-refractivity contribution in [1.82, 2.24) is 20.5 Å². The highest BCUT2D eigenvalue weighted by atomic mass is 16.5. The minimum Gasteiger partial charge on any atom is -0.481 e. The van der Waals surface area contributed by atoms with Gasteiger partial charge in [0, 0.05) is 12.5 Å². The summed E-state index contributed by atoms with van der Waals surface area (Å²) in [7, 11) is 0. The number of carboxylic acid groups (broad SMARTS) is 1. The number of carboxylic acids is 1. The van der Waals surface area contributed by atoms with Crippen LogP contribution in [0.2, 0.25) is 0 Å². The maximum atomic E-state index is 12.4. The van der Waals surface area contributed by atoms with Gasteiger partial charge in [0.1, 0.15) is 6.61 Å². The Bertz CT molecular complexity index is 1230. The van der Waals surface area contributed by atoms with Crippen molar-refractivity contribution in [2.75, 3.05) is 18.5 Å². The first-order chi connectivity index (χ1) is 17.0. The third-order valence-electron chi connectivity index (χ3n) is 6.76. The van der Waals surface area contributed by atoms with Crippen LogP contribution in [-0.4, -0.2) is 51.4 Å². The summed E-state index contributed by atoms with van der Waals surface area (Å²) >= 11 is 0. The van der Waals surface area contributed by atoms with Gasteiger partial charge < -0.3 is 15.2 Å². The normalized spacial score (nSPS) is 18.5. The summed E-state index contributed by atoms with van der Waals surface area (Å²) in [6.07, 6.45) is 1.47. The van der Waals surface area contributed by atoms with Crippen LogP contribution >= 0.6 is 0 Å². The van der Waals surface area contributed by atoms with Crippen LogP contribution in [0.4, 0.5) is 10.7 Å². The maximum absolute atomic E-state index is 12.4. The third kappa shape index (κ3) is 4.59. The van der Waals surface area contributed by atoms with Crippen LogP contribution in [0.5, 0.6) is 0 Å². The smallest absolute Gasteiger partial charge is 0.414 e. The molecular weight excluding hydrogens is 450 g/mol. The molecule has 10 nitrogen and oxygen atoms in total. The standard InChI is InChI=1S/C25H25N5O5/c31-22(26-12-14-6-5-11-15(14)23(32)33)21-27-24(30-29-21)28-25(34)35-13-20-18-9-3-1-7-16(18)17-8-2-4-10-19(17)20/h1-4,7-10,14-15,20H,5-6,11-13H2,(H,26,31)(H,32,33)(H2,27,28,29,30,34)/t14-,15-/m0/s1. The molecule has 10 heteroatoms. The Morgan fingerprint density at radius 1 is 1.03 bits per heavy atom. The maximum Gasteiger partial charge on any atom is 0.414 e. The van der Waals surface area contributed by atoms with E-state index in [9.17, 15) is 19.5 Å². The highest BCUT2D eigenvalue weighted by Crippen LogP contribution is 2.44. The van der Waals surface area contributed by atoms with E-state index in [2.05, 4.69) is 37.9 Å². The number of carbonyl (C=O) groups excluding carboxylic acids is 2. The number of nitrogens with one attached hydrogen (secondary N) is 3. The molecule has 4 N–H and O–H groups in total. The van der Waals surface area contributed by atoms with E-state index in [0.717, 1.165) is 35.1 Å². The van der Waals surface area contributed by atoms with Crippen molar-refractivity contribution < 1.29 is 24.2 Å². The molecule has 2 aliphatic carbocycles. The molecule has 0 saturated heterocycles. The van der Waals surface area contributed by atoms with Gasteiger partial charge >= 0.3 is 12.1 Å². The SMILES string of the molecule is O=C(Nc1n[nH]c(C(=O)NC[C@@H]2CCC[C@@H]2C(=O)O)n1)OCC1c2ccccc2-c2ccccc21. The third-order valence-corrected chi connectivity index (χ3v) is 6.76. The molecule has 5 rings (SSSR count). The number of amides is 2. The Balaban J connectivity index is 1.15. The van der Waals surface area contributed by atoms with Gasteiger partial charge in [-0.15, -0.1) is 5.10 Å². The number of carbonyl (C=O) groups is 3. The molecule has 1 saturated carbocycles. The number of anilines is 1. The minimum absolute atomic E-state index is 0.0770. The molecule has 0 spiro atoms. The van der Waals surface area contributed by atoms with Crippen molar-refractivity contribution in [2.45, 2.75) is 25.2 Å². The van der Waals surface area contributed by atoms with E-state index in [4.69, 9.17) is 4.74 Å². The highest BCUT2D eigenvalue weighted by Gasteiger charge is 2.33. The summed E-state index contributed by atoms with van der Waals surface area (Å²) in [4.78, 5) is 40.1. The highest BCUT2D eigenvalue weighted by molar-refractivity contribution is 5.91. The van der Waals surface area contributed by atoms with Crippen LogP contribution < -0.4 is 10.6 Å². The van der Waals surface area contributed by atoms with Crippen molar-refractivity contribution in [2.24, 2.45) is 11.8 Å². The number of H-pyrrole nitrogens is 1. The lowest BCUT2D eigenvalue weighted by Crippen LogP contribution is -2.33. The number of ether oxygens (including phenoxy) is 1. The number of nitrogens with zero attached hydrogens (tertiary/aromatic N) is 2. The number of hydrogen-bond donors (Lipinski definition) is 4. The van der Waals surface area contributed by atoms with E-state index in [0.29, 0.717) is 6.42 Å². The molecule has 35 heavy (non-hydrogen) atoms. The van der Waals surface area contributed by atoms with Gasteiger partial charge in [-0.05, 0) is 41.0 Å². The second kappa shape index (κ2) is 9.57. The molecule has 0 radical (unpaired) electrons. The topological polar surface area (TPSA) is 146 Å². The number of aromatic amines is 1. The first kappa shape index (κ1) is 22.6. The molecule has 1 aromatic heterocycles. The molecule has 0 aliphatic heterocycles. The molecule has 1 heterocycles. The monoisotopic (exact) mass is 475 g/mol. The van der Waals surface area contributed by atoms with E-state index in [1.165, 1.54) is 0 Å². The minimum atomic E-state index is -0.837. The molecular formula is C25H25N5O5. The van der Waals surface area contributed by atoms with Crippen molar-refractivity contribution in [1.29, 1.82) is 0 Å². The molecule has 0 bridgehead atoms. The number of benzene rings is 2. The largest absolute Gasteiger partial charge is 0.481 e. The number of aromatic nitrogens is 3. The van der Waals surface area contributed by atoms with Gasteiger partial charge in [-0.2, -0.15) is 4.98 Å². The quantitative estimate of drug-likeness (QED) is 0.410. The zero-order chi connectivity index (χ0) is 24.4. The van der Waals surface area contributed by atoms with Crippen LogP contribution in [0.3, 0.4) is 0 Å². The van der Waals surface area contributed by atoms with Gasteiger partial charge in [-0.25, -0.2) is 4.79 Å². The average Bonchev–Trinajstić information content (AvgIpc) is 3.59. The fourth-order valence-electron chi connectivity index (χ4n) is 5.06. The number of hydrogen-bond acceptors (Lipinski definition) is 6. The van der Waals surface area contributed by atoms with Crippen LogP contribution in [0.15, 0.2) is 48.5 Å². The van der Waals surface area contributed by atoms with Gasteiger partial charge in [-0.3, -0.25) is 20.0 Å². The fraction of sp³-hybridized carbons (Fsp3) is 0.320. The van der Waals surface area contributed by atoms with E-state index >= 15 is 0 Å². The zero-order valence-electron chi connectivity index (χ0n) is 18.9. The van der Waals surface area contributed by atoms with Crippen molar-refractivity contribution in [3.63, 3.8) is 0 Å². The van der Waals surface area contributed by atoms with Crippen molar-refractivity contribution in [3.8, 4) is 11.1 Å². The molecule has 1 fully saturated rings. The van der Waals surface area contributed by atoms with Crippen molar-refractivity contribution >= 4 is 23.9 Å². The van der Waals surface area contributed by atoms with Gasteiger partial charge in [0.15, 0.2) is 0 Å². The van der Waals surface area contributed by atoms with E-state index in [-0.39, 0.29) is 36.8 Å². The summed E-state index contributed by atoms with van der Waals surface area (Å²) in [5.41, 5.74) is 4.47. The Morgan fingerprint density at radius 3 is 2.40 bits per heavy atom. The Kier molecular flexibility index (Phi) is 6.17. The first-order valence-corrected chi connectivity index (χ1v) is 11.6. The van der Waals surface area contributed by atoms with Gasteiger partial charge in [0.25, 0.3) is 11.9 Å². The van der Waals surface area contributed by atoms with Crippen LogP contribution in [0.25, 0.3) is 11.1 Å². The van der Waals surface area contributed by atoms with Gasteiger partial charge in [-0.1, -0.05) is 55.0 Å². The summed E-state index contributed by atoms with van der Waals surface area (Å²) in [6, 6.07) is 16.1. The summed E-state index contributed by atoms with van der Waals surface area (Å²) in [6.45, 7) is 0.384. The number of fused-ring (bicyclic) bond motifs is 3. The zero-order valence-corrected chi connectivity index (χ0v) is 18.9. The lowest BCUT2D eigenvalue weighted by atomic mass is 9.96. The van der Waals surface area contributed by atoms with E-state index < -0.39 is 23.9 Å². The summed E-state index contributed by atoms with van der Waals surface area (Å²) in [5.74, 6) is -2.16. The van der Waals surface area contributed by atoms with Gasteiger partial charge in [0.05, 0.1) is 5.92 Å². The van der Waals surface area contributed by atoms with Crippen LogP contribution in [0, 0.1) is 11.8 Å². The molecule has 2 aromatic carbocycles. The molecule has 2 aliphatic rings. The predicted molar refractivity (Wildman–Crippen MR) is 126 cm³/mol.